The van der Waals surface area contributed by atoms with Crippen molar-refractivity contribution in [3.8, 4) is 5.75 Å². The first-order valence-electron chi connectivity index (χ1n) is 11.8. The van der Waals surface area contributed by atoms with Gasteiger partial charge in [0.15, 0.2) is 0 Å². The van der Waals surface area contributed by atoms with Crippen LogP contribution in [0.1, 0.15) is 39.1 Å². The van der Waals surface area contributed by atoms with Gasteiger partial charge in [-0.2, -0.15) is 13.2 Å². The lowest BCUT2D eigenvalue weighted by atomic mass is 10.0. The molecule has 2 amide bonds. The highest BCUT2D eigenvalue weighted by atomic mass is 19.4. The van der Waals surface area contributed by atoms with Crippen LogP contribution in [0.15, 0.2) is 48.7 Å². The number of pyridine rings is 1. The normalized spacial score (nSPS) is 15.5. The first-order chi connectivity index (χ1) is 18.5. The van der Waals surface area contributed by atoms with E-state index in [-0.39, 0.29) is 34.1 Å². The molecule has 1 aromatic heterocycles. The van der Waals surface area contributed by atoms with E-state index >= 15 is 0 Å². The van der Waals surface area contributed by atoms with Gasteiger partial charge in [0.25, 0.3) is 11.8 Å². The van der Waals surface area contributed by atoms with Gasteiger partial charge in [0.1, 0.15) is 28.8 Å². The molecule has 0 spiro atoms. The fourth-order valence-corrected chi connectivity index (χ4v) is 4.47. The SMILES string of the molecule is COc1ccnc(N(c2cc(F)ccc2C(=O)Nc2ccc(F)c(C(F)(F)F)c2)[C@@H]2CCCNC2)c1C(N)=O. The van der Waals surface area contributed by atoms with Crippen molar-refractivity contribution in [2.75, 3.05) is 30.4 Å². The van der Waals surface area contributed by atoms with E-state index < -0.39 is 41.2 Å². The molecule has 206 valence electrons. The first kappa shape index (κ1) is 27.8. The Bertz CT molecular complexity index is 1390. The molecule has 13 heteroatoms. The fourth-order valence-electron chi connectivity index (χ4n) is 4.47. The highest BCUT2D eigenvalue weighted by Crippen LogP contribution is 2.38. The average Bonchev–Trinajstić information content (AvgIpc) is 2.89. The molecule has 1 atom stereocenters. The van der Waals surface area contributed by atoms with E-state index in [1.807, 2.05) is 0 Å². The molecule has 0 aliphatic carbocycles. The maximum atomic E-state index is 14.6. The largest absolute Gasteiger partial charge is 0.496 e. The van der Waals surface area contributed by atoms with Gasteiger partial charge in [-0.15, -0.1) is 0 Å². The molecule has 1 fully saturated rings. The number of anilines is 3. The molecule has 1 aliphatic heterocycles. The number of aromatic nitrogens is 1. The first-order valence-corrected chi connectivity index (χ1v) is 11.8. The third-order valence-electron chi connectivity index (χ3n) is 6.22. The number of carbonyl (C=O) groups excluding carboxylic acids is 2. The number of nitrogens with two attached hydrogens (primary N) is 1. The Morgan fingerprint density at radius 3 is 2.56 bits per heavy atom. The summed E-state index contributed by atoms with van der Waals surface area (Å²) in [6, 6.07) is 6.25. The number of piperidine rings is 1. The summed E-state index contributed by atoms with van der Waals surface area (Å²) < 4.78 is 73.3. The van der Waals surface area contributed by atoms with E-state index in [1.54, 1.807) is 0 Å². The molecule has 8 nitrogen and oxygen atoms in total. The van der Waals surface area contributed by atoms with Crippen molar-refractivity contribution in [3.05, 3.63) is 77.0 Å². The maximum Gasteiger partial charge on any atom is 0.419 e. The second-order valence-corrected chi connectivity index (χ2v) is 8.75. The fraction of sp³-hybridized carbons (Fsp3) is 0.269. The van der Waals surface area contributed by atoms with Crippen molar-refractivity contribution >= 4 is 29.0 Å². The molecule has 0 unspecified atom stereocenters. The Labute approximate surface area is 220 Å². The van der Waals surface area contributed by atoms with Gasteiger partial charge in [-0.1, -0.05) is 0 Å². The summed E-state index contributed by atoms with van der Waals surface area (Å²) in [5, 5.41) is 5.53. The number of alkyl halides is 3. The zero-order valence-electron chi connectivity index (χ0n) is 20.6. The average molecular weight is 550 g/mol. The van der Waals surface area contributed by atoms with Crippen molar-refractivity contribution in [3.63, 3.8) is 0 Å². The van der Waals surface area contributed by atoms with Gasteiger partial charge < -0.3 is 26.0 Å². The number of rotatable bonds is 7. The summed E-state index contributed by atoms with van der Waals surface area (Å²) in [5.74, 6) is -3.88. The summed E-state index contributed by atoms with van der Waals surface area (Å²) in [6.45, 7) is 1.09. The van der Waals surface area contributed by atoms with E-state index in [0.29, 0.717) is 38.1 Å². The molecule has 3 aromatic rings. The summed E-state index contributed by atoms with van der Waals surface area (Å²) in [5.41, 5.74) is 3.52. The van der Waals surface area contributed by atoms with Gasteiger partial charge >= 0.3 is 6.18 Å². The van der Waals surface area contributed by atoms with Gasteiger partial charge in [0, 0.05) is 24.5 Å². The van der Waals surface area contributed by atoms with Gasteiger partial charge in [0.2, 0.25) is 0 Å². The van der Waals surface area contributed by atoms with Crippen molar-refractivity contribution < 1.29 is 36.3 Å². The van der Waals surface area contributed by atoms with Crippen molar-refractivity contribution in [1.82, 2.24) is 10.3 Å². The van der Waals surface area contributed by atoms with Crippen LogP contribution in [-0.2, 0) is 6.18 Å². The van der Waals surface area contributed by atoms with E-state index in [1.165, 1.54) is 24.3 Å². The predicted octanol–water partition coefficient (Wildman–Crippen LogP) is 4.63. The van der Waals surface area contributed by atoms with Crippen LogP contribution < -0.4 is 26.0 Å². The Hall–Kier alpha value is -4.26. The summed E-state index contributed by atoms with van der Waals surface area (Å²) in [6.07, 6.45) is -2.35. The van der Waals surface area contributed by atoms with Crippen molar-refractivity contribution in [2.45, 2.75) is 25.1 Å². The molecule has 0 saturated carbocycles. The number of nitrogens with one attached hydrogen (secondary N) is 2. The van der Waals surface area contributed by atoms with E-state index in [4.69, 9.17) is 10.5 Å². The van der Waals surface area contributed by atoms with Crippen LogP contribution in [0.25, 0.3) is 0 Å². The number of ether oxygens (including phenoxy) is 1. The van der Waals surface area contributed by atoms with Crippen LogP contribution in [0.4, 0.5) is 39.1 Å². The number of amides is 2. The second-order valence-electron chi connectivity index (χ2n) is 8.75. The number of nitrogens with zero attached hydrogens (tertiary/aromatic N) is 2. The Morgan fingerprint density at radius 2 is 1.92 bits per heavy atom. The minimum Gasteiger partial charge on any atom is -0.496 e. The lowest BCUT2D eigenvalue weighted by Gasteiger charge is -2.37. The summed E-state index contributed by atoms with van der Waals surface area (Å²) >= 11 is 0. The number of primary amides is 1. The molecule has 1 saturated heterocycles. The second kappa shape index (κ2) is 11.2. The molecular formula is C26H24F5N5O3. The van der Waals surface area contributed by atoms with Gasteiger partial charge in [0.05, 0.1) is 23.9 Å². The Balaban J connectivity index is 1.84. The van der Waals surface area contributed by atoms with Gasteiger partial charge in [-0.25, -0.2) is 13.8 Å². The monoisotopic (exact) mass is 549 g/mol. The molecule has 4 rings (SSSR count). The number of hydrogen-bond donors (Lipinski definition) is 3. The van der Waals surface area contributed by atoms with Gasteiger partial charge in [-0.05, 0) is 61.9 Å². The Morgan fingerprint density at radius 1 is 1.15 bits per heavy atom. The molecule has 0 bridgehead atoms. The molecule has 0 radical (unpaired) electrons. The molecule has 39 heavy (non-hydrogen) atoms. The summed E-state index contributed by atoms with van der Waals surface area (Å²) in [4.78, 5) is 31.7. The lowest BCUT2D eigenvalue weighted by Crippen LogP contribution is -2.45. The molecule has 2 aromatic carbocycles. The zero-order chi connectivity index (χ0) is 28.3. The van der Waals surface area contributed by atoms with E-state index in [0.717, 1.165) is 24.3 Å². The molecular weight excluding hydrogens is 525 g/mol. The van der Waals surface area contributed by atoms with E-state index in [9.17, 15) is 31.5 Å². The third kappa shape index (κ3) is 5.93. The van der Waals surface area contributed by atoms with Crippen LogP contribution in [0.3, 0.4) is 0 Å². The smallest absolute Gasteiger partial charge is 0.419 e. The Kier molecular flexibility index (Phi) is 8.00. The van der Waals surface area contributed by atoms with Crippen molar-refractivity contribution in [2.24, 2.45) is 5.73 Å². The molecule has 1 aliphatic rings. The van der Waals surface area contributed by atoms with Crippen LogP contribution in [0.2, 0.25) is 0 Å². The summed E-state index contributed by atoms with van der Waals surface area (Å²) in [7, 11) is 1.33. The van der Waals surface area contributed by atoms with Crippen molar-refractivity contribution in [1.29, 1.82) is 0 Å². The number of carbonyl (C=O) groups is 2. The zero-order valence-corrected chi connectivity index (χ0v) is 20.6. The topological polar surface area (TPSA) is 110 Å². The maximum absolute atomic E-state index is 14.6. The minimum atomic E-state index is -4.99. The minimum absolute atomic E-state index is 0.0105. The van der Waals surface area contributed by atoms with Crippen LogP contribution in [0, 0.1) is 11.6 Å². The molecule has 4 N–H and O–H groups in total. The van der Waals surface area contributed by atoms with Gasteiger partial charge in [-0.3, -0.25) is 9.59 Å². The number of halogens is 5. The van der Waals surface area contributed by atoms with Crippen LogP contribution >= 0.6 is 0 Å². The predicted molar refractivity (Wildman–Crippen MR) is 133 cm³/mol. The van der Waals surface area contributed by atoms with Crippen LogP contribution in [-0.4, -0.2) is 43.0 Å². The van der Waals surface area contributed by atoms with Crippen LogP contribution in [0.5, 0.6) is 5.75 Å². The number of methoxy groups -OCH3 is 1. The van der Waals surface area contributed by atoms with E-state index in [2.05, 4.69) is 15.6 Å². The quantitative estimate of drug-likeness (QED) is 0.371. The third-order valence-corrected chi connectivity index (χ3v) is 6.22. The number of hydrogen-bond acceptors (Lipinski definition) is 6. The lowest BCUT2D eigenvalue weighted by molar-refractivity contribution is -0.139. The highest BCUT2D eigenvalue weighted by Gasteiger charge is 2.35. The standard InChI is InChI=1S/C26H24F5N5O3/c1-39-21-8-10-34-24(22(21)23(32)37)36(16-3-2-9-33-13-16)20-11-14(27)4-6-17(20)25(38)35-15-5-7-19(28)18(12-15)26(29,30)31/h4-8,10-12,16,33H,2-3,9,13H2,1H3,(H2,32,37)(H,35,38)/t16-/m1/s1. The number of benzene rings is 2. The highest BCUT2D eigenvalue weighted by molar-refractivity contribution is 6.09. The molecule has 2 heterocycles.